The molecule has 2 aromatic heterocycles. The molecular weight excluding hydrogens is 192 g/mol. The molecule has 2 aromatic rings. The number of furan rings is 1. The summed E-state index contributed by atoms with van der Waals surface area (Å²) >= 11 is 0. The van der Waals surface area contributed by atoms with Crippen molar-refractivity contribution in [1.82, 2.24) is 4.98 Å². The first kappa shape index (κ1) is 9.45. The SMILES string of the molecule is Cc1cccc(NC(=O)c2ccoc2)n1. The number of nitrogens with zero attached hydrogens (tertiary/aromatic N) is 1. The van der Waals surface area contributed by atoms with E-state index in [0.29, 0.717) is 11.4 Å². The van der Waals surface area contributed by atoms with Gasteiger partial charge in [0.1, 0.15) is 12.1 Å². The van der Waals surface area contributed by atoms with Crippen molar-refractivity contribution in [3.63, 3.8) is 0 Å². The number of hydrogen-bond acceptors (Lipinski definition) is 3. The second kappa shape index (κ2) is 3.96. The van der Waals surface area contributed by atoms with Gasteiger partial charge in [-0.05, 0) is 25.1 Å². The Morgan fingerprint density at radius 2 is 2.27 bits per heavy atom. The van der Waals surface area contributed by atoms with E-state index in [9.17, 15) is 4.79 Å². The Hall–Kier alpha value is -2.10. The first-order chi connectivity index (χ1) is 7.25. The molecule has 0 aliphatic carbocycles. The van der Waals surface area contributed by atoms with E-state index >= 15 is 0 Å². The fourth-order valence-corrected chi connectivity index (χ4v) is 1.19. The molecule has 0 saturated carbocycles. The van der Waals surface area contributed by atoms with Crippen molar-refractivity contribution < 1.29 is 9.21 Å². The molecule has 4 nitrogen and oxygen atoms in total. The normalized spacial score (nSPS) is 9.93. The van der Waals surface area contributed by atoms with Gasteiger partial charge in [-0.3, -0.25) is 4.79 Å². The summed E-state index contributed by atoms with van der Waals surface area (Å²) < 4.78 is 4.82. The molecule has 0 saturated heterocycles. The third-order valence-electron chi connectivity index (χ3n) is 1.91. The number of rotatable bonds is 2. The zero-order chi connectivity index (χ0) is 10.7. The summed E-state index contributed by atoms with van der Waals surface area (Å²) in [5.74, 6) is 0.322. The van der Waals surface area contributed by atoms with Gasteiger partial charge in [0.25, 0.3) is 5.91 Å². The number of anilines is 1. The summed E-state index contributed by atoms with van der Waals surface area (Å²) in [7, 11) is 0. The van der Waals surface area contributed by atoms with E-state index in [1.165, 1.54) is 12.5 Å². The van der Waals surface area contributed by atoms with Crippen LogP contribution < -0.4 is 5.32 Å². The van der Waals surface area contributed by atoms with Crippen molar-refractivity contribution in [3.05, 3.63) is 48.0 Å². The summed E-state index contributed by atoms with van der Waals surface area (Å²) in [4.78, 5) is 15.7. The molecule has 0 aromatic carbocycles. The molecular formula is C11H10N2O2. The van der Waals surface area contributed by atoms with E-state index in [0.717, 1.165) is 5.69 Å². The number of aromatic nitrogens is 1. The lowest BCUT2D eigenvalue weighted by Crippen LogP contribution is -2.12. The lowest BCUT2D eigenvalue weighted by molar-refractivity contribution is 0.102. The largest absolute Gasteiger partial charge is 0.472 e. The summed E-state index contributed by atoms with van der Waals surface area (Å²) in [5, 5.41) is 2.68. The molecule has 1 amide bonds. The maximum absolute atomic E-state index is 11.6. The molecule has 0 radical (unpaired) electrons. The van der Waals surface area contributed by atoms with E-state index in [1.54, 1.807) is 12.1 Å². The van der Waals surface area contributed by atoms with Crippen LogP contribution in [-0.2, 0) is 0 Å². The van der Waals surface area contributed by atoms with Gasteiger partial charge in [0.15, 0.2) is 0 Å². The predicted octanol–water partition coefficient (Wildman–Crippen LogP) is 2.24. The molecule has 0 fully saturated rings. The lowest BCUT2D eigenvalue weighted by Gasteiger charge is -2.02. The van der Waals surface area contributed by atoms with Crippen LogP contribution in [0.4, 0.5) is 5.82 Å². The van der Waals surface area contributed by atoms with Gasteiger partial charge in [0, 0.05) is 5.69 Å². The third kappa shape index (κ3) is 2.22. The zero-order valence-corrected chi connectivity index (χ0v) is 8.23. The molecule has 1 N–H and O–H groups in total. The van der Waals surface area contributed by atoms with Crippen LogP contribution in [0.25, 0.3) is 0 Å². The van der Waals surface area contributed by atoms with E-state index in [4.69, 9.17) is 4.42 Å². The number of nitrogens with one attached hydrogen (secondary N) is 1. The first-order valence-electron chi connectivity index (χ1n) is 4.53. The number of amides is 1. The Bertz CT molecular complexity index is 463. The van der Waals surface area contributed by atoms with Crippen LogP contribution in [0.15, 0.2) is 41.2 Å². The summed E-state index contributed by atoms with van der Waals surface area (Å²) in [6.45, 7) is 1.87. The minimum absolute atomic E-state index is 0.221. The van der Waals surface area contributed by atoms with Crippen LogP contribution in [-0.4, -0.2) is 10.9 Å². The third-order valence-corrected chi connectivity index (χ3v) is 1.91. The number of carbonyl (C=O) groups excluding carboxylic acids is 1. The molecule has 0 spiro atoms. The molecule has 76 valence electrons. The Morgan fingerprint density at radius 3 is 2.93 bits per heavy atom. The highest BCUT2D eigenvalue weighted by Crippen LogP contribution is 2.07. The van der Waals surface area contributed by atoms with Gasteiger partial charge >= 0.3 is 0 Å². The van der Waals surface area contributed by atoms with Gasteiger partial charge in [-0.2, -0.15) is 0 Å². The number of aryl methyl sites for hydroxylation is 1. The standard InChI is InChI=1S/C11H10N2O2/c1-8-3-2-4-10(12-8)13-11(14)9-5-6-15-7-9/h2-7H,1H3,(H,12,13,14). The van der Waals surface area contributed by atoms with Crippen LogP contribution in [0.5, 0.6) is 0 Å². The average molecular weight is 202 g/mol. The van der Waals surface area contributed by atoms with E-state index in [2.05, 4.69) is 10.3 Å². The highest BCUT2D eigenvalue weighted by atomic mass is 16.3. The molecule has 0 aliphatic rings. The molecule has 0 atom stereocenters. The van der Waals surface area contributed by atoms with Gasteiger partial charge in [0.05, 0.1) is 11.8 Å². The average Bonchev–Trinajstić information content (AvgIpc) is 2.70. The smallest absolute Gasteiger partial charge is 0.260 e. The molecule has 4 heteroatoms. The summed E-state index contributed by atoms with van der Waals surface area (Å²) in [5.41, 5.74) is 1.35. The minimum atomic E-state index is -0.221. The molecule has 2 heterocycles. The van der Waals surface area contributed by atoms with Gasteiger partial charge in [-0.1, -0.05) is 6.07 Å². The molecule has 0 aliphatic heterocycles. The van der Waals surface area contributed by atoms with Crippen molar-refractivity contribution in [3.8, 4) is 0 Å². The van der Waals surface area contributed by atoms with Crippen LogP contribution in [0.2, 0.25) is 0 Å². The van der Waals surface area contributed by atoms with Crippen molar-refractivity contribution in [1.29, 1.82) is 0 Å². The Morgan fingerprint density at radius 1 is 1.40 bits per heavy atom. The fourth-order valence-electron chi connectivity index (χ4n) is 1.19. The second-order valence-electron chi connectivity index (χ2n) is 3.13. The van der Waals surface area contributed by atoms with E-state index in [1.807, 2.05) is 19.1 Å². The van der Waals surface area contributed by atoms with E-state index < -0.39 is 0 Å². The van der Waals surface area contributed by atoms with Crippen molar-refractivity contribution in [2.75, 3.05) is 5.32 Å². The monoisotopic (exact) mass is 202 g/mol. The Kier molecular flexibility index (Phi) is 2.49. The highest BCUT2D eigenvalue weighted by Gasteiger charge is 2.07. The number of carbonyl (C=O) groups is 1. The maximum Gasteiger partial charge on any atom is 0.260 e. The Labute approximate surface area is 86.9 Å². The number of hydrogen-bond donors (Lipinski definition) is 1. The Balaban J connectivity index is 2.13. The van der Waals surface area contributed by atoms with Crippen LogP contribution in [0, 0.1) is 6.92 Å². The molecule has 15 heavy (non-hydrogen) atoms. The minimum Gasteiger partial charge on any atom is -0.472 e. The highest BCUT2D eigenvalue weighted by molar-refractivity contribution is 6.03. The van der Waals surface area contributed by atoms with Crippen molar-refractivity contribution >= 4 is 11.7 Å². The van der Waals surface area contributed by atoms with Gasteiger partial charge in [-0.25, -0.2) is 4.98 Å². The summed E-state index contributed by atoms with van der Waals surface area (Å²) in [6, 6.07) is 7.05. The first-order valence-corrected chi connectivity index (χ1v) is 4.53. The topological polar surface area (TPSA) is 55.1 Å². The zero-order valence-electron chi connectivity index (χ0n) is 8.23. The fraction of sp³-hybridized carbons (Fsp3) is 0.0909. The van der Waals surface area contributed by atoms with Gasteiger partial charge in [-0.15, -0.1) is 0 Å². The lowest BCUT2D eigenvalue weighted by atomic mass is 10.3. The van der Waals surface area contributed by atoms with Gasteiger partial charge in [0.2, 0.25) is 0 Å². The van der Waals surface area contributed by atoms with Crippen LogP contribution in [0.3, 0.4) is 0 Å². The van der Waals surface area contributed by atoms with Crippen LogP contribution in [0.1, 0.15) is 16.1 Å². The second-order valence-corrected chi connectivity index (χ2v) is 3.13. The van der Waals surface area contributed by atoms with Crippen molar-refractivity contribution in [2.45, 2.75) is 6.92 Å². The number of pyridine rings is 1. The van der Waals surface area contributed by atoms with E-state index in [-0.39, 0.29) is 5.91 Å². The molecule has 2 rings (SSSR count). The quantitative estimate of drug-likeness (QED) is 0.812. The predicted molar refractivity (Wildman–Crippen MR) is 55.6 cm³/mol. The summed E-state index contributed by atoms with van der Waals surface area (Å²) in [6.07, 6.45) is 2.85. The maximum atomic E-state index is 11.6. The van der Waals surface area contributed by atoms with Gasteiger partial charge < -0.3 is 9.73 Å². The van der Waals surface area contributed by atoms with Crippen LogP contribution >= 0.6 is 0 Å². The molecule has 0 unspecified atom stereocenters. The van der Waals surface area contributed by atoms with Crippen molar-refractivity contribution in [2.24, 2.45) is 0 Å². The molecule has 0 bridgehead atoms.